The molecule has 0 radical (unpaired) electrons. The first-order valence-electron chi connectivity index (χ1n) is 11.5. The Morgan fingerprint density at radius 3 is 2.47 bits per heavy atom. The molecule has 1 aliphatic rings. The molecule has 0 aliphatic heterocycles. The highest BCUT2D eigenvalue weighted by atomic mass is 32.2. The topological polar surface area (TPSA) is 99.5 Å². The number of hydrogen-bond donors (Lipinski definition) is 1. The zero-order valence-corrected chi connectivity index (χ0v) is 20.4. The number of aryl methyl sites for hydroxylation is 1. The Morgan fingerprint density at radius 2 is 1.76 bits per heavy atom. The Balaban J connectivity index is 1.84. The van der Waals surface area contributed by atoms with Crippen molar-refractivity contribution in [1.82, 2.24) is 9.78 Å². The summed E-state index contributed by atoms with van der Waals surface area (Å²) in [7, 11) is -2.59. The summed E-state index contributed by atoms with van der Waals surface area (Å²) in [4.78, 5) is 12.8. The van der Waals surface area contributed by atoms with Crippen LogP contribution in [0.25, 0.3) is 11.3 Å². The number of para-hydroxylation sites is 2. The van der Waals surface area contributed by atoms with Gasteiger partial charge in [0, 0.05) is 17.7 Å². The predicted molar refractivity (Wildman–Crippen MR) is 131 cm³/mol. The standard InChI is InChI=1S/C25H29N3O5S/c1-4-28-25(29)19-11-7-6-10-18(19)24(26-28)17-14-15-22(32-3)23(16-17)34(30,31)27-20-12-8-9-13-21(20)33-5-2/h8-9,12-16,27H,4-7,10-11H2,1-3H3. The summed E-state index contributed by atoms with van der Waals surface area (Å²) in [6.45, 7) is 4.55. The number of rotatable bonds is 8. The summed E-state index contributed by atoms with van der Waals surface area (Å²) in [5.74, 6) is 0.650. The minimum absolute atomic E-state index is 0.0144. The van der Waals surface area contributed by atoms with E-state index in [-0.39, 0.29) is 16.2 Å². The number of ether oxygens (including phenoxy) is 2. The lowest BCUT2D eigenvalue weighted by molar-refractivity contribution is 0.342. The lowest BCUT2D eigenvalue weighted by atomic mass is 9.90. The number of aromatic nitrogens is 2. The maximum Gasteiger partial charge on any atom is 0.270 e. The lowest BCUT2D eigenvalue weighted by Gasteiger charge is -2.21. The fraction of sp³-hybridized carbons (Fsp3) is 0.360. The molecule has 0 unspecified atom stereocenters. The SMILES string of the molecule is CCOc1ccccc1NS(=O)(=O)c1cc(-c2nn(CC)c(=O)c3c2CCCC3)ccc1OC. The first-order chi connectivity index (χ1) is 16.4. The Labute approximate surface area is 199 Å². The summed E-state index contributed by atoms with van der Waals surface area (Å²) in [6, 6.07) is 11.8. The van der Waals surface area contributed by atoms with Gasteiger partial charge in [-0.05, 0) is 75.4 Å². The minimum Gasteiger partial charge on any atom is -0.495 e. The van der Waals surface area contributed by atoms with Crippen molar-refractivity contribution in [3.05, 3.63) is 63.9 Å². The van der Waals surface area contributed by atoms with E-state index in [4.69, 9.17) is 9.47 Å². The van der Waals surface area contributed by atoms with Gasteiger partial charge in [-0.15, -0.1) is 0 Å². The number of methoxy groups -OCH3 is 1. The highest BCUT2D eigenvalue weighted by molar-refractivity contribution is 7.92. The molecule has 0 bridgehead atoms. The summed E-state index contributed by atoms with van der Waals surface area (Å²) < 4.78 is 42.0. The monoisotopic (exact) mass is 483 g/mol. The van der Waals surface area contributed by atoms with E-state index in [1.165, 1.54) is 11.8 Å². The number of sulfonamides is 1. The first kappa shape index (κ1) is 23.8. The molecule has 180 valence electrons. The molecule has 2 aromatic carbocycles. The summed E-state index contributed by atoms with van der Waals surface area (Å²) >= 11 is 0. The molecule has 0 amide bonds. The first-order valence-corrected chi connectivity index (χ1v) is 12.9. The van der Waals surface area contributed by atoms with Crippen molar-refractivity contribution in [2.24, 2.45) is 0 Å². The fourth-order valence-corrected chi connectivity index (χ4v) is 5.56. The fourth-order valence-electron chi connectivity index (χ4n) is 4.30. The minimum atomic E-state index is -4.02. The Bertz CT molecular complexity index is 1370. The van der Waals surface area contributed by atoms with Gasteiger partial charge in [-0.1, -0.05) is 12.1 Å². The van der Waals surface area contributed by atoms with E-state index in [2.05, 4.69) is 9.82 Å². The van der Waals surface area contributed by atoms with Gasteiger partial charge in [0.1, 0.15) is 16.4 Å². The summed E-state index contributed by atoms with van der Waals surface area (Å²) in [5, 5.41) is 4.60. The van der Waals surface area contributed by atoms with Crippen LogP contribution >= 0.6 is 0 Å². The second kappa shape index (κ2) is 9.89. The maximum absolute atomic E-state index is 13.5. The zero-order chi connectivity index (χ0) is 24.3. The van der Waals surface area contributed by atoms with Crippen LogP contribution in [0.1, 0.15) is 37.8 Å². The van der Waals surface area contributed by atoms with E-state index in [1.807, 2.05) is 13.8 Å². The molecule has 0 saturated carbocycles. The second-order valence-electron chi connectivity index (χ2n) is 8.03. The van der Waals surface area contributed by atoms with Crippen LogP contribution in [-0.4, -0.2) is 31.9 Å². The molecule has 1 heterocycles. The number of fused-ring (bicyclic) bond motifs is 1. The molecule has 0 spiro atoms. The van der Waals surface area contributed by atoms with Gasteiger partial charge < -0.3 is 9.47 Å². The molecule has 1 N–H and O–H groups in total. The average Bonchev–Trinajstić information content (AvgIpc) is 2.85. The molecular weight excluding hydrogens is 454 g/mol. The second-order valence-corrected chi connectivity index (χ2v) is 9.68. The maximum atomic E-state index is 13.5. The van der Waals surface area contributed by atoms with Crippen LogP contribution in [0.15, 0.2) is 52.2 Å². The number of hydrogen-bond acceptors (Lipinski definition) is 6. The van der Waals surface area contributed by atoms with E-state index in [9.17, 15) is 13.2 Å². The van der Waals surface area contributed by atoms with Gasteiger partial charge in [0.2, 0.25) is 0 Å². The van der Waals surface area contributed by atoms with Gasteiger partial charge in [-0.3, -0.25) is 9.52 Å². The highest BCUT2D eigenvalue weighted by Crippen LogP contribution is 2.35. The molecule has 9 heteroatoms. The predicted octanol–water partition coefficient (Wildman–Crippen LogP) is 4.02. The molecule has 0 saturated heterocycles. The number of benzene rings is 2. The van der Waals surface area contributed by atoms with Crippen LogP contribution in [0.5, 0.6) is 11.5 Å². The third kappa shape index (κ3) is 4.52. The highest BCUT2D eigenvalue weighted by Gasteiger charge is 2.25. The van der Waals surface area contributed by atoms with Gasteiger partial charge in [-0.25, -0.2) is 13.1 Å². The van der Waals surface area contributed by atoms with Crippen LogP contribution in [0.2, 0.25) is 0 Å². The molecule has 0 fully saturated rings. The quantitative estimate of drug-likeness (QED) is 0.520. The number of anilines is 1. The van der Waals surface area contributed by atoms with Crippen LogP contribution in [0.4, 0.5) is 5.69 Å². The van der Waals surface area contributed by atoms with Crippen LogP contribution < -0.4 is 19.8 Å². The van der Waals surface area contributed by atoms with E-state index in [1.54, 1.807) is 42.5 Å². The van der Waals surface area contributed by atoms with E-state index in [0.717, 1.165) is 30.4 Å². The third-order valence-electron chi connectivity index (χ3n) is 5.92. The lowest BCUT2D eigenvalue weighted by Crippen LogP contribution is -2.30. The van der Waals surface area contributed by atoms with Gasteiger partial charge in [0.25, 0.3) is 15.6 Å². The number of nitrogens with zero attached hydrogens (tertiary/aromatic N) is 2. The van der Waals surface area contributed by atoms with Crippen molar-refractivity contribution < 1.29 is 17.9 Å². The average molecular weight is 484 g/mol. The number of nitrogens with one attached hydrogen (secondary N) is 1. The van der Waals surface area contributed by atoms with E-state index < -0.39 is 10.0 Å². The van der Waals surface area contributed by atoms with Crippen LogP contribution in [-0.2, 0) is 29.4 Å². The van der Waals surface area contributed by atoms with Crippen molar-refractivity contribution in [1.29, 1.82) is 0 Å². The zero-order valence-electron chi connectivity index (χ0n) is 19.6. The largest absolute Gasteiger partial charge is 0.495 e. The van der Waals surface area contributed by atoms with Crippen molar-refractivity contribution in [3.8, 4) is 22.8 Å². The summed E-state index contributed by atoms with van der Waals surface area (Å²) in [6.07, 6.45) is 3.38. The van der Waals surface area contributed by atoms with Gasteiger partial charge >= 0.3 is 0 Å². The van der Waals surface area contributed by atoms with Gasteiger partial charge in [0.15, 0.2) is 0 Å². The smallest absolute Gasteiger partial charge is 0.270 e. The Hall–Kier alpha value is -3.33. The van der Waals surface area contributed by atoms with Gasteiger partial charge in [-0.2, -0.15) is 5.10 Å². The molecule has 1 aliphatic carbocycles. The van der Waals surface area contributed by atoms with Crippen LogP contribution in [0.3, 0.4) is 0 Å². The van der Waals surface area contributed by atoms with Crippen molar-refractivity contribution in [3.63, 3.8) is 0 Å². The molecule has 0 atom stereocenters. The Morgan fingerprint density at radius 1 is 1.03 bits per heavy atom. The third-order valence-corrected chi connectivity index (χ3v) is 7.31. The van der Waals surface area contributed by atoms with Gasteiger partial charge in [0.05, 0.1) is 25.1 Å². The van der Waals surface area contributed by atoms with E-state index >= 15 is 0 Å². The summed E-state index contributed by atoms with van der Waals surface area (Å²) in [5.41, 5.74) is 3.24. The van der Waals surface area contributed by atoms with Crippen molar-refractivity contribution in [2.45, 2.75) is 51.0 Å². The normalized spacial score (nSPS) is 13.3. The molecule has 4 rings (SSSR count). The van der Waals surface area contributed by atoms with Crippen LogP contribution in [0, 0.1) is 0 Å². The molecule has 34 heavy (non-hydrogen) atoms. The molecule has 1 aromatic heterocycles. The van der Waals surface area contributed by atoms with E-state index in [0.29, 0.717) is 42.3 Å². The Kier molecular flexibility index (Phi) is 6.92. The molecule has 3 aromatic rings. The van der Waals surface area contributed by atoms with Crippen molar-refractivity contribution >= 4 is 15.7 Å². The molecular formula is C25H29N3O5S. The van der Waals surface area contributed by atoms with Crippen molar-refractivity contribution in [2.75, 3.05) is 18.4 Å². The molecule has 8 nitrogen and oxygen atoms in total.